The van der Waals surface area contributed by atoms with E-state index in [0.29, 0.717) is 6.54 Å². The topological polar surface area (TPSA) is 63.6 Å². The number of aromatic nitrogens is 4. The molecule has 0 aliphatic rings. The predicted molar refractivity (Wildman–Crippen MR) is 125 cm³/mol. The van der Waals surface area contributed by atoms with Crippen molar-refractivity contribution < 1.29 is 0 Å². The van der Waals surface area contributed by atoms with Crippen LogP contribution in [0.2, 0.25) is 0 Å². The lowest BCUT2D eigenvalue weighted by atomic mass is 10.1. The van der Waals surface area contributed by atoms with Crippen molar-refractivity contribution >= 4 is 16.6 Å². The van der Waals surface area contributed by atoms with Crippen molar-refractivity contribution in [2.24, 2.45) is 0 Å². The van der Waals surface area contributed by atoms with Crippen LogP contribution in [0.5, 0.6) is 0 Å². The molecule has 0 aliphatic heterocycles. The Balaban J connectivity index is 1.36. The fraction of sp³-hybridized carbons (Fsp3) is 0.0769. The van der Waals surface area contributed by atoms with Crippen LogP contribution in [0.4, 0.5) is 5.82 Å². The lowest BCUT2D eigenvalue weighted by Gasteiger charge is -2.10. The summed E-state index contributed by atoms with van der Waals surface area (Å²) in [5.41, 5.74) is 6.43. The van der Waals surface area contributed by atoms with Gasteiger partial charge in [0.2, 0.25) is 0 Å². The van der Waals surface area contributed by atoms with E-state index in [1.807, 2.05) is 56.0 Å². The number of anilines is 1. The van der Waals surface area contributed by atoms with Gasteiger partial charge in [0, 0.05) is 54.2 Å². The summed E-state index contributed by atoms with van der Waals surface area (Å²) in [5.74, 6) is 0.832. The number of rotatable bonds is 5. The quantitative estimate of drug-likeness (QED) is 0.409. The second-order valence-corrected chi connectivity index (χ2v) is 7.43. The number of nitrogens with zero attached hydrogens (tertiary/aromatic N) is 4. The first kappa shape index (κ1) is 18.9. The van der Waals surface area contributed by atoms with Crippen LogP contribution in [0.25, 0.3) is 33.2 Å². The molecule has 0 spiro atoms. The molecule has 0 saturated heterocycles. The van der Waals surface area contributed by atoms with Gasteiger partial charge in [0.1, 0.15) is 5.82 Å². The summed E-state index contributed by atoms with van der Waals surface area (Å²) in [4.78, 5) is 17.7. The summed E-state index contributed by atoms with van der Waals surface area (Å²) in [6.07, 6.45) is 9.20. The molecule has 4 heterocycles. The van der Waals surface area contributed by atoms with Crippen LogP contribution in [0.1, 0.15) is 11.3 Å². The lowest BCUT2D eigenvalue weighted by molar-refractivity contribution is 1.12. The highest BCUT2D eigenvalue weighted by Gasteiger charge is 2.07. The van der Waals surface area contributed by atoms with Crippen LogP contribution in [0, 0.1) is 6.92 Å². The Labute approximate surface area is 180 Å². The molecule has 0 saturated carbocycles. The maximum absolute atomic E-state index is 4.67. The zero-order valence-corrected chi connectivity index (χ0v) is 17.2. The minimum absolute atomic E-state index is 0.685. The van der Waals surface area contributed by atoms with Gasteiger partial charge in [-0.3, -0.25) is 15.0 Å². The lowest BCUT2D eigenvalue weighted by Crippen LogP contribution is -2.02. The first-order valence-corrected chi connectivity index (χ1v) is 10.2. The van der Waals surface area contributed by atoms with Crippen molar-refractivity contribution in [1.82, 2.24) is 19.9 Å². The zero-order valence-electron chi connectivity index (χ0n) is 17.2. The SMILES string of the molecule is Cc1cc(-c2cc3ccnc(NCc4ccc(-c5cccnc5)cc4)c3cn2)ccn1. The molecule has 0 fully saturated rings. The van der Waals surface area contributed by atoms with Crippen LogP contribution >= 0.6 is 0 Å². The van der Waals surface area contributed by atoms with Gasteiger partial charge in [-0.05, 0) is 59.3 Å². The van der Waals surface area contributed by atoms with E-state index in [2.05, 4.69) is 61.7 Å². The van der Waals surface area contributed by atoms with E-state index in [1.165, 1.54) is 5.56 Å². The van der Waals surface area contributed by atoms with Gasteiger partial charge in [0.15, 0.2) is 0 Å². The van der Waals surface area contributed by atoms with Crippen molar-refractivity contribution in [3.8, 4) is 22.4 Å². The number of pyridine rings is 4. The number of benzene rings is 1. The van der Waals surface area contributed by atoms with Crippen molar-refractivity contribution in [3.63, 3.8) is 0 Å². The normalized spacial score (nSPS) is 10.9. The molecule has 150 valence electrons. The highest BCUT2D eigenvalue weighted by atomic mass is 15.0. The fourth-order valence-corrected chi connectivity index (χ4v) is 3.61. The summed E-state index contributed by atoms with van der Waals surface area (Å²) >= 11 is 0. The molecular weight excluding hydrogens is 382 g/mol. The van der Waals surface area contributed by atoms with Crippen molar-refractivity contribution in [2.45, 2.75) is 13.5 Å². The summed E-state index contributed by atoms with van der Waals surface area (Å²) in [5, 5.41) is 5.56. The summed E-state index contributed by atoms with van der Waals surface area (Å²) < 4.78 is 0. The Hall–Kier alpha value is -4.12. The number of hydrogen-bond donors (Lipinski definition) is 1. The molecular formula is C26H21N5. The highest BCUT2D eigenvalue weighted by Crippen LogP contribution is 2.26. The highest BCUT2D eigenvalue weighted by molar-refractivity contribution is 5.93. The molecule has 5 rings (SSSR count). The van der Waals surface area contributed by atoms with Crippen LogP contribution in [0.15, 0.2) is 91.6 Å². The van der Waals surface area contributed by atoms with Gasteiger partial charge in [0.25, 0.3) is 0 Å². The van der Waals surface area contributed by atoms with Crippen molar-refractivity contribution in [3.05, 3.63) is 103 Å². The van der Waals surface area contributed by atoms with E-state index in [9.17, 15) is 0 Å². The molecule has 5 heteroatoms. The summed E-state index contributed by atoms with van der Waals surface area (Å²) in [7, 11) is 0. The summed E-state index contributed by atoms with van der Waals surface area (Å²) in [6.45, 7) is 2.67. The van der Waals surface area contributed by atoms with Crippen LogP contribution in [0.3, 0.4) is 0 Å². The third kappa shape index (κ3) is 4.12. The van der Waals surface area contributed by atoms with Gasteiger partial charge in [-0.1, -0.05) is 30.3 Å². The van der Waals surface area contributed by atoms with Gasteiger partial charge >= 0.3 is 0 Å². The smallest absolute Gasteiger partial charge is 0.135 e. The average molecular weight is 403 g/mol. The molecule has 5 aromatic rings. The average Bonchev–Trinajstić information content (AvgIpc) is 2.83. The maximum atomic E-state index is 4.67. The van der Waals surface area contributed by atoms with E-state index in [1.54, 1.807) is 6.20 Å². The fourth-order valence-electron chi connectivity index (χ4n) is 3.61. The van der Waals surface area contributed by atoms with E-state index in [0.717, 1.165) is 44.7 Å². The molecule has 4 aromatic heterocycles. The molecule has 0 aliphatic carbocycles. The monoisotopic (exact) mass is 403 g/mol. The second-order valence-electron chi connectivity index (χ2n) is 7.43. The Kier molecular flexibility index (Phi) is 5.07. The second kappa shape index (κ2) is 8.32. The standard InChI is InChI=1S/C26H21N5/c1-18-13-22(9-11-28-18)25-14-21-8-12-29-26(24(21)17-30-25)31-15-19-4-6-20(7-5-19)23-3-2-10-27-16-23/h2-14,16-17H,15H2,1H3,(H,29,31). The molecule has 31 heavy (non-hydrogen) atoms. The molecule has 0 atom stereocenters. The van der Waals surface area contributed by atoms with Crippen LogP contribution < -0.4 is 5.32 Å². The molecule has 0 unspecified atom stereocenters. The first-order valence-electron chi connectivity index (χ1n) is 10.2. The minimum atomic E-state index is 0.685. The Morgan fingerprint density at radius 2 is 1.61 bits per heavy atom. The Bertz CT molecular complexity index is 1330. The maximum Gasteiger partial charge on any atom is 0.135 e. The van der Waals surface area contributed by atoms with E-state index >= 15 is 0 Å². The van der Waals surface area contributed by atoms with E-state index in [-0.39, 0.29) is 0 Å². The molecule has 5 nitrogen and oxygen atoms in total. The molecule has 1 N–H and O–H groups in total. The largest absolute Gasteiger partial charge is 0.365 e. The Morgan fingerprint density at radius 3 is 2.42 bits per heavy atom. The zero-order chi connectivity index (χ0) is 21.0. The van der Waals surface area contributed by atoms with Gasteiger partial charge in [0.05, 0.1) is 5.69 Å². The molecule has 0 bridgehead atoms. The number of aryl methyl sites for hydroxylation is 1. The molecule has 0 amide bonds. The van der Waals surface area contributed by atoms with Crippen molar-refractivity contribution in [1.29, 1.82) is 0 Å². The van der Waals surface area contributed by atoms with Gasteiger partial charge in [-0.2, -0.15) is 0 Å². The number of nitrogens with one attached hydrogen (secondary N) is 1. The van der Waals surface area contributed by atoms with Gasteiger partial charge in [-0.25, -0.2) is 4.98 Å². The van der Waals surface area contributed by atoms with Crippen LogP contribution in [-0.4, -0.2) is 19.9 Å². The van der Waals surface area contributed by atoms with Crippen molar-refractivity contribution in [2.75, 3.05) is 5.32 Å². The number of hydrogen-bond acceptors (Lipinski definition) is 5. The third-order valence-electron chi connectivity index (χ3n) is 5.25. The van der Waals surface area contributed by atoms with Crippen LogP contribution in [-0.2, 0) is 6.54 Å². The molecule has 1 aromatic carbocycles. The van der Waals surface area contributed by atoms with Gasteiger partial charge in [-0.15, -0.1) is 0 Å². The Morgan fingerprint density at radius 1 is 0.742 bits per heavy atom. The number of fused-ring (bicyclic) bond motifs is 1. The van der Waals surface area contributed by atoms with Gasteiger partial charge < -0.3 is 5.32 Å². The first-order chi connectivity index (χ1) is 15.3. The van der Waals surface area contributed by atoms with E-state index in [4.69, 9.17) is 0 Å². The van der Waals surface area contributed by atoms with E-state index < -0.39 is 0 Å². The minimum Gasteiger partial charge on any atom is -0.365 e. The third-order valence-corrected chi connectivity index (χ3v) is 5.25. The summed E-state index contributed by atoms with van der Waals surface area (Å²) in [6, 6.07) is 20.7. The molecule has 0 radical (unpaired) electrons. The predicted octanol–water partition coefficient (Wildman–Crippen LogP) is 5.67.